The maximum Gasteiger partial charge on any atom is 0.176 e. The first kappa shape index (κ1) is 45.9. The van der Waals surface area contributed by atoms with Gasteiger partial charge in [-0.05, 0) is 38.1 Å². The van der Waals surface area contributed by atoms with Crippen LogP contribution in [0.25, 0.3) is 0 Å². The summed E-state index contributed by atoms with van der Waals surface area (Å²) in [4.78, 5) is 4.94. The maximum atomic E-state index is 6.54. The number of likely N-dealkylation sites (N-methyl/N-ethyl adjacent to an activating group) is 2. The number of hydrogen-bond donors (Lipinski definition) is 0. The molecule has 5 nitrogen and oxygen atoms in total. The molecular weight excluding hydrogens is 629 g/mol. The summed E-state index contributed by atoms with van der Waals surface area (Å²) in [6.45, 7) is 14.3. The highest BCUT2D eigenvalue weighted by Crippen LogP contribution is 2.25. The molecule has 0 spiro atoms. The largest absolute Gasteiger partial charge is 0.473 e. The Balaban J connectivity index is 1.65. The number of benzene rings is 1. The molecule has 0 aromatic heterocycles. The van der Waals surface area contributed by atoms with Crippen molar-refractivity contribution in [1.29, 1.82) is 0 Å². The van der Waals surface area contributed by atoms with Crippen LogP contribution in [-0.2, 0) is 4.74 Å². The molecule has 0 fully saturated rings. The van der Waals surface area contributed by atoms with E-state index in [1.807, 2.05) is 0 Å². The summed E-state index contributed by atoms with van der Waals surface area (Å²) in [6, 6.07) is 8.26. The van der Waals surface area contributed by atoms with Crippen molar-refractivity contribution in [3.63, 3.8) is 0 Å². The van der Waals surface area contributed by atoms with Crippen molar-refractivity contribution in [2.75, 3.05) is 39.4 Å². The smallest absolute Gasteiger partial charge is 0.176 e. The van der Waals surface area contributed by atoms with Crippen molar-refractivity contribution < 1.29 is 14.2 Å². The van der Waals surface area contributed by atoms with Gasteiger partial charge in [-0.1, -0.05) is 201 Å². The van der Waals surface area contributed by atoms with E-state index in [4.69, 9.17) is 14.2 Å². The summed E-state index contributed by atoms with van der Waals surface area (Å²) < 4.78 is 19.5. The topological polar surface area (TPSA) is 34.2 Å². The van der Waals surface area contributed by atoms with E-state index >= 15 is 0 Å². The second kappa shape index (κ2) is 33.3. The Bertz CT molecular complexity index is 817. The molecule has 0 amide bonds. The minimum absolute atomic E-state index is 0.0770. The van der Waals surface area contributed by atoms with Crippen LogP contribution in [0, 0.1) is 0 Å². The molecule has 0 saturated carbocycles. The Labute approximate surface area is 318 Å². The zero-order valence-corrected chi connectivity index (χ0v) is 34.6. The van der Waals surface area contributed by atoms with Crippen LogP contribution in [0.3, 0.4) is 0 Å². The lowest BCUT2D eigenvalue weighted by molar-refractivity contribution is -0.0875. The zero-order chi connectivity index (χ0) is 36.5. The summed E-state index contributed by atoms with van der Waals surface area (Å²) in [7, 11) is 0. The van der Waals surface area contributed by atoms with E-state index in [1.54, 1.807) is 0 Å². The average molecular weight is 715 g/mol. The Morgan fingerprint density at radius 3 is 1.02 bits per heavy atom. The van der Waals surface area contributed by atoms with Crippen LogP contribution in [0.1, 0.15) is 207 Å². The van der Waals surface area contributed by atoms with Crippen LogP contribution in [-0.4, -0.2) is 61.6 Å². The first-order chi connectivity index (χ1) is 25.2. The summed E-state index contributed by atoms with van der Waals surface area (Å²) >= 11 is 0. The van der Waals surface area contributed by atoms with E-state index in [2.05, 4.69) is 61.8 Å². The van der Waals surface area contributed by atoms with Crippen LogP contribution in [0.2, 0.25) is 0 Å². The fourth-order valence-electron chi connectivity index (χ4n) is 7.66. The number of hydrogen-bond acceptors (Lipinski definition) is 5. The van der Waals surface area contributed by atoms with Gasteiger partial charge in [-0.2, -0.15) is 0 Å². The first-order valence-corrected chi connectivity index (χ1v) is 22.7. The molecule has 5 heteroatoms. The van der Waals surface area contributed by atoms with Crippen LogP contribution in [0.4, 0.5) is 0 Å². The van der Waals surface area contributed by atoms with Crippen molar-refractivity contribution in [2.24, 2.45) is 0 Å². The summed E-state index contributed by atoms with van der Waals surface area (Å²) in [6.07, 6.45) is 38.8. The van der Waals surface area contributed by atoms with Crippen molar-refractivity contribution >= 4 is 0 Å². The van der Waals surface area contributed by atoms with E-state index in [0.717, 1.165) is 37.7 Å². The molecule has 1 aromatic carbocycles. The van der Waals surface area contributed by atoms with Crippen LogP contribution in [0.15, 0.2) is 24.3 Å². The first-order valence-electron chi connectivity index (χ1n) is 22.7. The second-order valence-corrected chi connectivity index (χ2v) is 15.6. The van der Waals surface area contributed by atoms with E-state index in [-0.39, 0.29) is 12.5 Å². The van der Waals surface area contributed by atoms with Crippen LogP contribution >= 0.6 is 0 Å². The van der Waals surface area contributed by atoms with Gasteiger partial charge < -0.3 is 14.2 Å². The van der Waals surface area contributed by atoms with E-state index < -0.39 is 0 Å². The molecule has 1 aromatic rings. The molecule has 2 rings (SSSR count). The molecule has 51 heavy (non-hydrogen) atoms. The van der Waals surface area contributed by atoms with E-state index in [1.165, 1.54) is 180 Å². The highest BCUT2D eigenvalue weighted by atomic mass is 16.6. The van der Waals surface area contributed by atoms with Gasteiger partial charge in [-0.25, -0.2) is 0 Å². The lowest BCUT2D eigenvalue weighted by Crippen LogP contribution is -2.47. The van der Waals surface area contributed by atoms with E-state index in [9.17, 15) is 0 Å². The fraction of sp³-hybridized carbons (Fsp3) is 0.870. The third kappa shape index (κ3) is 23.9. The minimum Gasteiger partial charge on any atom is -0.473 e. The maximum absolute atomic E-state index is 6.54. The third-order valence-electron chi connectivity index (χ3n) is 11.1. The molecule has 2 bridgehead atoms. The van der Waals surface area contributed by atoms with Crippen LogP contribution < -0.4 is 9.47 Å². The third-order valence-corrected chi connectivity index (χ3v) is 11.1. The molecule has 1 aliphatic heterocycles. The summed E-state index contributed by atoms with van der Waals surface area (Å²) in [5, 5.41) is 0. The standard InChI is InChI=1S/C46H86N2O3/c1-5-9-11-13-15-17-19-21-23-25-27-29-31-33-38-47(7-3)45-41-49-42-46(51-44-37-35-36-43(40-44)50-45)48(8-4)39-34-32-30-28-26-24-22-20-18-16-14-12-10-6-2/h35-37,40,45-46H,5-34,38-39,41-42H2,1-4H3. The number of unbranched alkanes of at least 4 members (excludes halogenated alkanes) is 26. The quantitative estimate of drug-likeness (QED) is 0.0664. The lowest BCUT2D eigenvalue weighted by atomic mass is 10.0. The van der Waals surface area contributed by atoms with Crippen LogP contribution in [0.5, 0.6) is 11.5 Å². The predicted molar refractivity (Wildman–Crippen MR) is 221 cm³/mol. The molecule has 2 atom stereocenters. The summed E-state index contributed by atoms with van der Waals surface area (Å²) in [5.41, 5.74) is 0. The lowest BCUT2D eigenvalue weighted by Gasteiger charge is -2.35. The Hall–Kier alpha value is -1.30. The van der Waals surface area contributed by atoms with Gasteiger partial charge in [0.2, 0.25) is 0 Å². The SMILES string of the molecule is CCCCCCCCCCCCCCCCN(CC)C1COCC(N(CC)CCCCCCCCCCCCCCCC)Oc2cccc(c2)O1. The van der Waals surface area contributed by atoms with Gasteiger partial charge in [0.1, 0.15) is 11.5 Å². The van der Waals surface area contributed by atoms with Crippen molar-refractivity contribution in [2.45, 2.75) is 220 Å². The molecule has 1 aliphatic rings. The second-order valence-electron chi connectivity index (χ2n) is 15.6. The monoisotopic (exact) mass is 715 g/mol. The molecular formula is C46H86N2O3. The molecule has 0 aliphatic carbocycles. The highest BCUT2D eigenvalue weighted by Gasteiger charge is 2.25. The minimum atomic E-state index is -0.0770. The molecule has 0 N–H and O–H groups in total. The van der Waals surface area contributed by atoms with Gasteiger partial charge in [-0.3, -0.25) is 9.80 Å². The van der Waals surface area contributed by atoms with Gasteiger partial charge in [0, 0.05) is 19.2 Å². The van der Waals surface area contributed by atoms with E-state index in [0.29, 0.717) is 13.2 Å². The normalized spacial score (nSPS) is 16.4. The highest BCUT2D eigenvalue weighted by molar-refractivity contribution is 5.33. The van der Waals surface area contributed by atoms with Gasteiger partial charge in [0.25, 0.3) is 0 Å². The van der Waals surface area contributed by atoms with Gasteiger partial charge in [0.05, 0.1) is 13.2 Å². The molecule has 1 heterocycles. The molecule has 0 saturated heterocycles. The Kier molecular flexibility index (Phi) is 29.9. The Morgan fingerprint density at radius 2 is 0.725 bits per heavy atom. The number of ether oxygens (including phenoxy) is 3. The zero-order valence-electron chi connectivity index (χ0n) is 34.6. The molecule has 298 valence electrons. The van der Waals surface area contributed by atoms with Crippen molar-refractivity contribution in [3.8, 4) is 11.5 Å². The Morgan fingerprint density at radius 1 is 0.431 bits per heavy atom. The fourth-order valence-corrected chi connectivity index (χ4v) is 7.66. The van der Waals surface area contributed by atoms with Gasteiger partial charge in [0.15, 0.2) is 12.5 Å². The number of fused-ring (bicyclic) bond motifs is 2. The number of rotatable bonds is 34. The number of nitrogens with zero attached hydrogens (tertiary/aromatic N) is 2. The van der Waals surface area contributed by atoms with Crippen molar-refractivity contribution in [3.05, 3.63) is 24.3 Å². The molecule has 2 unspecified atom stereocenters. The summed E-state index contributed by atoms with van der Waals surface area (Å²) in [5.74, 6) is 1.74. The van der Waals surface area contributed by atoms with Crippen molar-refractivity contribution in [1.82, 2.24) is 9.80 Å². The molecule has 0 radical (unpaired) electrons. The van der Waals surface area contributed by atoms with Gasteiger partial charge in [-0.15, -0.1) is 0 Å². The predicted octanol–water partition coefficient (Wildman–Crippen LogP) is 13.7. The van der Waals surface area contributed by atoms with Gasteiger partial charge >= 0.3 is 0 Å². The average Bonchev–Trinajstić information content (AvgIpc) is 3.14.